The number of nitrogens with zero attached hydrogens (tertiary/aromatic N) is 2. The summed E-state index contributed by atoms with van der Waals surface area (Å²) in [7, 11) is 3.39. The second kappa shape index (κ2) is 7.76. The SMILES string of the molecule is CCCC(C(=S)NN(C)C(=O)C1(C)CC1)C(=S)NN(C)C(=O)C1(C)CC1. The predicted octanol–water partition coefficient (Wildman–Crippen LogP) is 2.58. The van der Waals surface area contributed by atoms with Crippen LogP contribution >= 0.6 is 24.4 Å². The lowest BCUT2D eigenvalue weighted by Crippen LogP contribution is -2.53. The van der Waals surface area contributed by atoms with E-state index in [0.717, 1.165) is 38.5 Å². The molecule has 0 unspecified atom stereocenters. The zero-order chi connectivity index (χ0) is 19.7. The van der Waals surface area contributed by atoms with E-state index in [1.165, 1.54) is 10.0 Å². The molecule has 0 aliphatic heterocycles. The topological polar surface area (TPSA) is 64.7 Å². The maximum atomic E-state index is 12.4. The third kappa shape index (κ3) is 4.71. The van der Waals surface area contributed by atoms with Gasteiger partial charge in [0.05, 0.1) is 5.92 Å². The Morgan fingerprint density at radius 2 is 1.27 bits per heavy atom. The zero-order valence-electron chi connectivity index (χ0n) is 16.3. The Bertz CT molecular complexity index is 564. The van der Waals surface area contributed by atoms with Gasteiger partial charge < -0.3 is 0 Å². The summed E-state index contributed by atoms with van der Waals surface area (Å²) in [5.41, 5.74) is 5.52. The Hall–Kier alpha value is -1.28. The highest BCUT2D eigenvalue weighted by molar-refractivity contribution is 7.82. The molecule has 8 heteroatoms. The average Bonchev–Trinajstić information content (AvgIpc) is 3.50. The van der Waals surface area contributed by atoms with Crippen LogP contribution in [0.5, 0.6) is 0 Å². The first-order valence-electron chi connectivity index (χ1n) is 9.21. The van der Waals surface area contributed by atoms with Crippen LogP contribution in [0.15, 0.2) is 0 Å². The van der Waals surface area contributed by atoms with Crippen molar-refractivity contribution in [2.24, 2.45) is 16.7 Å². The van der Waals surface area contributed by atoms with Crippen molar-refractivity contribution in [2.45, 2.75) is 59.3 Å². The number of rotatable bonds is 6. The maximum absolute atomic E-state index is 12.4. The van der Waals surface area contributed by atoms with Crippen molar-refractivity contribution in [1.82, 2.24) is 20.9 Å². The lowest BCUT2D eigenvalue weighted by molar-refractivity contribution is -0.137. The van der Waals surface area contributed by atoms with Crippen LogP contribution in [0.25, 0.3) is 0 Å². The third-order valence-corrected chi connectivity index (χ3v) is 6.16. The first-order valence-corrected chi connectivity index (χ1v) is 10.0. The molecule has 0 heterocycles. The number of amides is 2. The number of thiocarbonyl (C=S) groups is 2. The lowest BCUT2D eigenvalue weighted by Gasteiger charge is -2.30. The van der Waals surface area contributed by atoms with Crippen molar-refractivity contribution in [1.29, 1.82) is 0 Å². The van der Waals surface area contributed by atoms with Crippen LogP contribution in [0, 0.1) is 16.7 Å². The van der Waals surface area contributed by atoms with E-state index < -0.39 is 0 Å². The Labute approximate surface area is 167 Å². The fourth-order valence-electron chi connectivity index (χ4n) is 2.87. The molecular weight excluding hydrogens is 368 g/mol. The van der Waals surface area contributed by atoms with E-state index in [1.807, 2.05) is 13.8 Å². The summed E-state index contributed by atoms with van der Waals surface area (Å²) >= 11 is 11.0. The largest absolute Gasteiger partial charge is 0.289 e. The Balaban J connectivity index is 1.95. The van der Waals surface area contributed by atoms with E-state index in [1.54, 1.807) is 14.1 Å². The monoisotopic (exact) mass is 398 g/mol. The second-order valence-corrected chi connectivity index (χ2v) is 9.02. The second-order valence-electron chi connectivity index (χ2n) is 8.14. The van der Waals surface area contributed by atoms with Gasteiger partial charge in [0.15, 0.2) is 0 Å². The Morgan fingerprint density at radius 1 is 0.923 bits per heavy atom. The summed E-state index contributed by atoms with van der Waals surface area (Å²) in [4.78, 5) is 25.8. The van der Waals surface area contributed by atoms with Crippen LogP contribution in [0.3, 0.4) is 0 Å². The molecule has 0 atom stereocenters. The smallest absolute Gasteiger partial charge is 0.246 e. The van der Waals surface area contributed by atoms with Crippen molar-refractivity contribution in [3.63, 3.8) is 0 Å². The predicted molar refractivity (Wildman–Crippen MR) is 110 cm³/mol. The summed E-state index contributed by atoms with van der Waals surface area (Å²) < 4.78 is 0. The molecule has 0 aromatic carbocycles. The van der Waals surface area contributed by atoms with Crippen LogP contribution in [0.2, 0.25) is 0 Å². The van der Waals surface area contributed by atoms with Gasteiger partial charge in [-0.3, -0.25) is 30.5 Å². The summed E-state index contributed by atoms with van der Waals surface area (Å²) in [6.45, 7) is 5.98. The molecule has 6 nitrogen and oxygen atoms in total. The normalized spacial score (nSPS) is 18.7. The van der Waals surface area contributed by atoms with Gasteiger partial charge in [0.1, 0.15) is 9.98 Å². The van der Waals surface area contributed by atoms with Crippen molar-refractivity contribution < 1.29 is 9.59 Å². The lowest BCUT2D eigenvalue weighted by atomic mass is 10.0. The van der Waals surface area contributed by atoms with Gasteiger partial charge in [-0.1, -0.05) is 51.6 Å². The van der Waals surface area contributed by atoms with Crippen LogP contribution < -0.4 is 10.9 Å². The number of hydrogen-bond donors (Lipinski definition) is 2. The van der Waals surface area contributed by atoms with E-state index in [9.17, 15) is 9.59 Å². The van der Waals surface area contributed by atoms with Gasteiger partial charge in [-0.2, -0.15) is 0 Å². The fraction of sp³-hybridized carbons (Fsp3) is 0.778. The van der Waals surface area contributed by atoms with Gasteiger partial charge in [0, 0.05) is 24.9 Å². The maximum Gasteiger partial charge on any atom is 0.246 e. The highest BCUT2D eigenvalue weighted by Crippen LogP contribution is 2.46. The first kappa shape index (κ1) is 21.0. The molecule has 2 N–H and O–H groups in total. The van der Waals surface area contributed by atoms with Gasteiger partial charge in [-0.25, -0.2) is 0 Å². The van der Waals surface area contributed by atoms with Crippen LogP contribution in [0.4, 0.5) is 0 Å². The minimum Gasteiger partial charge on any atom is -0.289 e. The highest BCUT2D eigenvalue weighted by atomic mass is 32.1. The van der Waals surface area contributed by atoms with E-state index in [4.69, 9.17) is 24.4 Å². The summed E-state index contributed by atoms with van der Waals surface area (Å²) in [6, 6.07) is 0. The molecule has 0 radical (unpaired) electrons. The van der Waals surface area contributed by atoms with E-state index in [2.05, 4.69) is 17.8 Å². The molecule has 0 aromatic heterocycles. The Kier molecular flexibility index (Phi) is 6.28. The van der Waals surface area contributed by atoms with Gasteiger partial charge in [0.2, 0.25) is 11.8 Å². The summed E-state index contributed by atoms with van der Waals surface area (Å²) in [5, 5.41) is 2.95. The van der Waals surface area contributed by atoms with Crippen molar-refractivity contribution in [3.8, 4) is 0 Å². The number of hydrazine groups is 2. The van der Waals surface area contributed by atoms with Crippen LogP contribution in [-0.4, -0.2) is 45.9 Å². The van der Waals surface area contributed by atoms with Gasteiger partial charge in [-0.15, -0.1) is 0 Å². The molecule has 0 spiro atoms. The molecule has 2 amide bonds. The van der Waals surface area contributed by atoms with E-state index in [-0.39, 0.29) is 28.6 Å². The minimum absolute atomic E-state index is 0.0444. The molecule has 0 aromatic rings. The number of carbonyl (C=O) groups is 2. The summed E-state index contributed by atoms with van der Waals surface area (Å²) in [6.07, 6.45) is 5.28. The van der Waals surface area contributed by atoms with Crippen molar-refractivity contribution >= 4 is 46.2 Å². The van der Waals surface area contributed by atoms with E-state index in [0.29, 0.717) is 9.98 Å². The standard InChI is InChI=1S/C18H30N4O2S2/c1-6-7-12(13(25)19-21(4)15(23)17(2)8-9-17)14(26)20-22(5)16(24)18(3)10-11-18/h12H,6-11H2,1-5H3,(H,19,25)(H,20,26). The van der Waals surface area contributed by atoms with E-state index >= 15 is 0 Å². The van der Waals surface area contributed by atoms with Crippen LogP contribution in [0.1, 0.15) is 59.3 Å². The molecular formula is C18H30N4O2S2. The molecule has 146 valence electrons. The third-order valence-electron chi connectivity index (χ3n) is 5.41. The number of nitrogens with one attached hydrogen (secondary N) is 2. The minimum atomic E-state index is -0.261. The number of hydrogen-bond acceptors (Lipinski definition) is 4. The van der Waals surface area contributed by atoms with Gasteiger partial charge in [0.25, 0.3) is 0 Å². The molecule has 0 saturated heterocycles. The quantitative estimate of drug-likeness (QED) is 0.530. The fourth-order valence-corrected chi connectivity index (χ4v) is 3.69. The zero-order valence-corrected chi connectivity index (χ0v) is 18.0. The highest BCUT2D eigenvalue weighted by Gasteiger charge is 2.47. The Morgan fingerprint density at radius 3 is 1.54 bits per heavy atom. The molecule has 2 aliphatic rings. The molecule has 2 aliphatic carbocycles. The van der Waals surface area contributed by atoms with Crippen LogP contribution in [-0.2, 0) is 9.59 Å². The average molecular weight is 399 g/mol. The van der Waals surface area contributed by atoms with Gasteiger partial charge >= 0.3 is 0 Å². The van der Waals surface area contributed by atoms with Crippen molar-refractivity contribution in [2.75, 3.05) is 14.1 Å². The molecule has 2 rings (SSSR count). The first-order chi connectivity index (χ1) is 12.0. The van der Waals surface area contributed by atoms with Gasteiger partial charge in [-0.05, 0) is 32.1 Å². The van der Waals surface area contributed by atoms with Crippen molar-refractivity contribution in [3.05, 3.63) is 0 Å². The molecule has 26 heavy (non-hydrogen) atoms. The molecule has 0 bridgehead atoms. The molecule has 2 fully saturated rings. The summed E-state index contributed by atoms with van der Waals surface area (Å²) in [5.74, 6) is -0.139. The molecule has 2 saturated carbocycles. The number of carbonyl (C=O) groups excluding carboxylic acids is 2.